The topological polar surface area (TPSA) is 59.2 Å². The summed E-state index contributed by atoms with van der Waals surface area (Å²) in [4.78, 5) is 19.6. The number of nitrogens with zero attached hydrogens (tertiary/aromatic N) is 3. The molecule has 3 aromatic rings. The summed E-state index contributed by atoms with van der Waals surface area (Å²) in [6, 6.07) is 20.6. The third kappa shape index (κ3) is 5.47. The Kier molecular flexibility index (Phi) is 6.92. The first kappa shape index (κ1) is 21.4. The molecule has 0 saturated carbocycles. The number of likely N-dealkylation sites (tertiary alicyclic amines) is 1. The van der Waals surface area contributed by atoms with Gasteiger partial charge in [0.2, 0.25) is 5.89 Å². The van der Waals surface area contributed by atoms with Crippen LogP contribution in [0.1, 0.15) is 61.9 Å². The minimum Gasteiger partial charge on any atom is -0.338 e. The van der Waals surface area contributed by atoms with Crippen molar-refractivity contribution in [2.45, 2.75) is 45.6 Å². The molecule has 1 fully saturated rings. The fraction of sp³-hybridized carbons (Fsp3) is 0.423. The molecule has 0 amide bonds. The molecule has 1 atom stereocenters. The Bertz CT molecular complexity index is 929. The maximum atomic E-state index is 12.5. The quantitative estimate of drug-likeness (QED) is 0.512. The van der Waals surface area contributed by atoms with E-state index in [1.807, 2.05) is 36.4 Å². The zero-order valence-corrected chi connectivity index (χ0v) is 18.4. The number of carbonyl (C=O) groups is 1. The van der Waals surface area contributed by atoms with Crippen LogP contribution in [0.3, 0.4) is 0 Å². The largest absolute Gasteiger partial charge is 0.338 e. The third-order valence-electron chi connectivity index (χ3n) is 5.94. The van der Waals surface area contributed by atoms with Crippen molar-refractivity contribution in [3.8, 4) is 0 Å². The minimum atomic E-state index is -0.0679. The second kappa shape index (κ2) is 10.0. The third-order valence-corrected chi connectivity index (χ3v) is 5.94. The molecule has 0 bridgehead atoms. The molecular formula is C26H31N3O2. The Morgan fingerprint density at radius 2 is 1.71 bits per heavy atom. The van der Waals surface area contributed by atoms with E-state index in [0.717, 1.165) is 37.1 Å². The van der Waals surface area contributed by atoms with E-state index in [0.29, 0.717) is 36.4 Å². The molecule has 0 radical (unpaired) electrons. The highest BCUT2D eigenvalue weighted by Crippen LogP contribution is 2.30. The molecule has 1 aliphatic rings. The van der Waals surface area contributed by atoms with Crippen molar-refractivity contribution in [3.63, 3.8) is 0 Å². The molecule has 1 saturated heterocycles. The number of rotatable bonds is 8. The number of ketones is 1. The molecule has 5 nitrogen and oxygen atoms in total. The van der Waals surface area contributed by atoms with Gasteiger partial charge in [-0.3, -0.25) is 9.69 Å². The summed E-state index contributed by atoms with van der Waals surface area (Å²) in [5.74, 6) is 2.15. The van der Waals surface area contributed by atoms with E-state index in [2.05, 4.69) is 48.2 Å². The van der Waals surface area contributed by atoms with E-state index in [-0.39, 0.29) is 11.8 Å². The summed E-state index contributed by atoms with van der Waals surface area (Å²) in [6.07, 6.45) is 2.69. The summed E-state index contributed by atoms with van der Waals surface area (Å²) in [6.45, 7) is 6.55. The van der Waals surface area contributed by atoms with Crippen molar-refractivity contribution >= 4 is 5.78 Å². The fourth-order valence-electron chi connectivity index (χ4n) is 4.45. The molecule has 5 heteroatoms. The smallest absolute Gasteiger partial charge is 0.240 e. The van der Waals surface area contributed by atoms with Crippen molar-refractivity contribution in [1.82, 2.24) is 15.0 Å². The van der Waals surface area contributed by atoms with Crippen molar-refractivity contribution in [1.29, 1.82) is 0 Å². The highest BCUT2D eigenvalue weighted by atomic mass is 16.5. The first-order chi connectivity index (χ1) is 15.1. The van der Waals surface area contributed by atoms with Crippen LogP contribution in [0.25, 0.3) is 0 Å². The summed E-state index contributed by atoms with van der Waals surface area (Å²) in [7, 11) is 0. The van der Waals surface area contributed by atoms with E-state index in [9.17, 15) is 4.79 Å². The van der Waals surface area contributed by atoms with Crippen LogP contribution in [0.15, 0.2) is 65.2 Å². The summed E-state index contributed by atoms with van der Waals surface area (Å²) in [5, 5.41) is 4.35. The molecule has 4 rings (SSSR count). The lowest BCUT2D eigenvalue weighted by atomic mass is 9.89. The average Bonchev–Trinajstić information content (AvgIpc) is 3.23. The average molecular weight is 418 g/mol. The van der Waals surface area contributed by atoms with E-state index >= 15 is 0 Å². The fourth-order valence-corrected chi connectivity index (χ4v) is 4.45. The van der Waals surface area contributed by atoms with Crippen LogP contribution < -0.4 is 0 Å². The zero-order valence-electron chi connectivity index (χ0n) is 18.4. The Morgan fingerprint density at radius 3 is 2.32 bits per heavy atom. The molecule has 2 aromatic carbocycles. The molecule has 162 valence electrons. The van der Waals surface area contributed by atoms with E-state index in [4.69, 9.17) is 9.51 Å². The molecule has 1 aliphatic heterocycles. The van der Waals surface area contributed by atoms with E-state index in [1.54, 1.807) is 0 Å². The van der Waals surface area contributed by atoms with Gasteiger partial charge in [0.25, 0.3) is 0 Å². The molecule has 31 heavy (non-hydrogen) atoms. The Hall–Kier alpha value is -2.79. The lowest BCUT2D eigenvalue weighted by Crippen LogP contribution is -2.38. The molecule has 0 N–H and O–H groups in total. The van der Waals surface area contributed by atoms with Crippen molar-refractivity contribution in [3.05, 3.63) is 83.5 Å². The molecule has 2 heterocycles. The minimum absolute atomic E-state index is 0.0679. The van der Waals surface area contributed by atoms with Gasteiger partial charge in [-0.2, -0.15) is 4.98 Å². The molecular weight excluding hydrogens is 386 g/mol. The Balaban J connectivity index is 1.49. The first-order valence-corrected chi connectivity index (χ1v) is 11.3. The highest BCUT2D eigenvalue weighted by Gasteiger charge is 2.28. The van der Waals surface area contributed by atoms with Gasteiger partial charge in [0.15, 0.2) is 5.82 Å². The Labute approximate surface area is 184 Å². The molecule has 1 aromatic heterocycles. The van der Waals surface area contributed by atoms with E-state index < -0.39 is 0 Å². The standard InChI is InChI=1S/C26H31N3O2/c1-19(2)16-23(30)22-14-9-15-29(17-22)18-24-27-26(28-31-24)25(20-10-5-3-6-11-20)21-12-7-4-8-13-21/h3-8,10-13,19,22,25H,9,14-18H2,1-2H3. The number of hydrogen-bond donors (Lipinski definition) is 0. The number of aromatic nitrogens is 2. The van der Waals surface area contributed by atoms with Gasteiger partial charge in [0.1, 0.15) is 5.78 Å². The van der Waals surface area contributed by atoms with Crippen LogP contribution in [0.5, 0.6) is 0 Å². The molecule has 1 unspecified atom stereocenters. The molecule has 0 aliphatic carbocycles. The SMILES string of the molecule is CC(C)CC(=O)C1CCCN(Cc2nc(C(c3ccccc3)c3ccccc3)no2)C1. The maximum absolute atomic E-state index is 12.5. The predicted octanol–water partition coefficient (Wildman–Crippen LogP) is 5.08. The summed E-state index contributed by atoms with van der Waals surface area (Å²) < 4.78 is 5.66. The van der Waals surface area contributed by atoms with Crippen LogP contribution in [-0.2, 0) is 11.3 Å². The summed E-state index contributed by atoms with van der Waals surface area (Å²) >= 11 is 0. The van der Waals surface area contributed by atoms with Gasteiger partial charge in [0, 0.05) is 18.9 Å². The zero-order chi connectivity index (χ0) is 21.6. The van der Waals surface area contributed by atoms with Gasteiger partial charge in [0.05, 0.1) is 12.5 Å². The number of benzene rings is 2. The van der Waals surface area contributed by atoms with Gasteiger partial charge in [-0.05, 0) is 36.4 Å². The monoisotopic (exact) mass is 417 g/mol. The van der Waals surface area contributed by atoms with Crippen LogP contribution in [0.2, 0.25) is 0 Å². The molecule has 0 spiro atoms. The first-order valence-electron chi connectivity index (χ1n) is 11.3. The maximum Gasteiger partial charge on any atom is 0.240 e. The number of Topliss-reactive ketones (excluding diaryl/α,β-unsaturated/α-hetero) is 1. The van der Waals surface area contributed by atoms with Gasteiger partial charge in [-0.1, -0.05) is 79.7 Å². The second-order valence-electron chi connectivity index (χ2n) is 8.94. The van der Waals surface area contributed by atoms with Gasteiger partial charge in [-0.15, -0.1) is 0 Å². The van der Waals surface area contributed by atoms with Crippen LogP contribution >= 0.6 is 0 Å². The highest BCUT2D eigenvalue weighted by molar-refractivity contribution is 5.81. The van der Waals surface area contributed by atoms with Gasteiger partial charge in [-0.25, -0.2) is 0 Å². The normalized spacial score (nSPS) is 17.4. The van der Waals surface area contributed by atoms with Crippen molar-refractivity contribution in [2.75, 3.05) is 13.1 Å². The number of carbonyl (C=O) groups excluding carboxylic acids is 1. The Morgan fingerprint density at radius 1 is 1.06 bits per heavy atom. The van der Waals surface area contributed by atoms with Gasteiger partial charge < -0.3 is 4.52 Å². The van der Waals surface area contributed by atoms with Crippen LogP contribution in [0, 0.1) is 11.8 Å². The van der Waals surface area contributed by atoms with Gasteiger partial charge >= 0.3 is 0 Å². The predicted molar refractivity (Wildman–Crippen MR) is 121 cm³/mol. The second-order valence-corrected chi connectivity index (χ2v) is 8.94. The lowest BCUT2D eigenvalue weighted by molar-refractivity contribution is -0.125. The summed E-state index contributed by atoms with van der Waals surface area (Å²) in [5.41, 5.74) is 2.27. The number of piperidine rings is 1. The van der Waals surface area contributed by atoms with Crippen molar-refractivity contribution in [2.24, 2.45) is 11.8 Å². The number of hydrogen-bond acceptors (Lipinski definition) is 5. The van der Waals surface area contributed by atoms with Crippen molar-refractivity contribution < 1.29 is 9.32 Å². The van der Waals surface area contributed by atoms with E-state index in [1.165, 1.54) is 0 Å². The van der Waals surface area contributed by atoms with Crippen LogP contribution in [-0.4, -0.2) is 33.9 Å². The van der Waals surface area contributed by atoms with Crippen LogP contribution in [0.4, 0.5) is 0 Å². The lowest BCUT2D eigenvalue weighted by Gasteiger charge is -2.31.